The van der Waals surface area contributed by atoms with Gasteiger partial charge in [-0.05, 0) is 38.5 Å². The predicted octanol–water partition coefficient (Wildman–Crippen LogP) is 4.37. The number of nitrogens with one attached hydrogen (secondary N) is 1. The molecule has 1 heterocycles. The first-order chi connectivity index (χ1) is 13.7. The zero-order valence-electron chi connectivity index (χ0n) is 16.9. The predicted molar refractivity (Wildman–Crippen MR) is 111 cm³/mol. The molecule has 1 aromatic heterocycles. The molecule has 1 N–H and O–H groups in total. The highest BCUT2D eigenvalue weighted by Gasteiger charge is 2.23. The van der Waals surface area contributed by atoms with Gasteiger partial charge < -0.3 is 19.5 Å². The van der Waals surface area contributed by atoms with E-state index < -0.39 is 17.5 Å². The minimum Gasteiger partial charge on any atom is -0.497 e. The van der Waals surface area contributed by atoms with E-state index in [9.17, 15) is 14.9 Å². The number of anilines is 1. The molecule has 0 fully saturated rings. The third kappa shape index (κ3) is 5.59. The maximum absolute atomic E-state index is 12.4. The van der Waals surface area contributed by atoms with Crippen LogP contribution in [0.15, 0.2) is 41.4 Å². The van der Waals surface area contributed by atoms with Crippen molar-refractivity contribution in [2.45, 2.75) is 26.4 Å². The molecule has 0 amide bonds. The first-order valence-electron chi connectivity index (χ1n) is 8.64. The Hall–Kier alpha value is -3.31. The Morgan fingerprint density at radius 1 is 1.17 bits per heavy atom. The number of methoxy groups -OCH3 is 2. The first kappa shape index (κ1) is 22.0. The fourth-order valence-electron chi connectivity index (χ4n) is 2.36. The van der Waals surface area contributed by atoms with Crippen molar-refractivity contribution in [2.24, 2.45) is 0 Å². The van der Waals surface area contributed by atoms with Gasteiger partial charge in [0.2, 0.25) is 0 Å². The SMILES string of the molecule is COC(=O)c1c(-c2ccc(OC)cc2)csc1NC=C(C#N)C(=O)OC(C)(C)C. The zero-order chi connectivity index (χ0) is 21.6. The molecule has 7 nitrogen and oxygen atoms in total. The maximum Gasteiger partial charge on any atom is 0.350 e. The van der Waals surface area contributed by atoms with Crippen molar-refractivity contribution in [3.05, 3.63) is 47.0 Å². The van der Waals surface area contributed by atoms with Crippen LogP contribution in [-0.4, -0.2) is 31.8 Å². The number of carbonyl (C=O) groups is 2. The lowest BCUT2D eigenvalue weighted by atomic mass is 10.0. The van der Waals surface area contributed by atoms with Crippen LogP contribution in [0.4, 0.5) is 5.00 Å². The van der Waals surface area contributed by atoms with Crippen molar-refractivity contribution in [2.75, 3.05) is 19.5 Å². The molecular weight excluding hydrogens is 392 g/mol. The van der Waals surface area contributed by atoms with Crippen LogP contribution in [-0.2, 0) is 14.3 Å². The third-order valence-corrected chi connectivity index (χ3v) is 4.58. The van der Waals surface area contributed by atoms with Crippen molar-refractivity contribution in [3.8, 4) is 22.9 Å². The lowest BCUT2D eigenvalue weighted by molar-refractivity contribution is -0.149. The van der Waals surface area contributed by atoms with Crippen LogP contribution in [0.25, 0.3) is 11.1 Å². The molecule has 0 aliphatic rings. The number of rotatable bonds is 6. The van der Waals surface area contributed by atoms with Crippen LogP contribution < -0.4 is 10.1 Å². The molecule has 2 aromatic rings. The molecule has 0 saturated heterocycles. The van der Waals surface area contributed by atoms with Crippen LogP contribution in [0.3, 0.4) is 0 Å². The van der Waals surface area contributed by atoms with Gasteiger partial charge in [0.15, 0.2) is 5.57 Å². The van der Waals surface area contributed by atoms with Crippen LogP contribution in [0.1, 0.15) is 31.1 Å². The number of nitrogens with zero attached hydrogens (tertiary/aromatic N) is 1. The number of carbonyl (C=O) groups excluding carboxylic acids is 2. The van der Waals surface area contributed by atoms with Gasteiger partial charge in [0, 0.05) is 17.1 Å². The number of ether oxygens (including phenoxy) is 3. The zero-order valence-corrected chi connectivity index (χ0v) is 17.7. The summed E-state index contributed by atoms with van der Waals surface area (Å²) in [4.78, 5) is 24.5. The van der Waals surface area contributed by atoms with E-state index in [-0.39, 0.29) is 5.57 Å². The number of benzene rings is 1. The van der Waals surface area contributed by atoms with Crippen molar-refractivity contribution >= 4 is 28.3 Å². The van der Waals surface area contributed by atoms with E-state index in [1.54, 1.807) is 45.4 Å². The molecule has 0 bridgehead atoms. The first-order valence-corrected chi connectivity index (χ1v) is 9.52. The second-order valence-electron chi connectivity index (χ2n) is 6.89. The lowest BCUT2D eigenvalue weighted by Crippen LogP contribution is -2.24. The normalized spacial score (nSPS) is 11.4. The molecule has 0 atom stereocenters. The second kappa shape index (κ2) is 9.26. The Morgan fingerprint density at radius 2 is 1.83 bits per heavy atom. The van der Waals surface area contributed by atoms with E-state index in [2.05, 4.69) is 5.32 Å². The standard InChI is InChI=1S/C21H22N2O5S/c1-21(2,3)28-19(24)14(10-22)11-23-18-17(20(25)27-5)16(12-29-18)13-6-8-15(26-4)9-7-13/h6-9,11-12,23H,1-5H3. The van der Waals surface area contributed by atoms with E-state index >= 15 is 0 Å². The van der Waals surface area contributed by atoms with Gasteiger partial charge >= 0.3 is 11.9 Å². The fourth-order valence-corrected chi connectivity index (χ4v) is 3.29. The highest BCUT2D eigenvalue weighted by atomic mass is 32.1. The van der Waals surface area contributed by atoms with Crippen molar-refractivity contribution in [1.29, 1.82) is 5.26 Å². The fraction of sp³-hybridized carbons (Fsp3) is 0.286. The molecule has 0 spiro atoms. The molecule has 0 aliphatic heterocycles. The Morgan fingerprint density at radius 3 is 2.34 bits per heavy atom. The van der Waals surface area contributed by atoms with E-state index in [1.807, 2.05) is 18.2 Å². The summed E-state index contributed by atoms with van der Waals surface area (Å²) >= 11 is 1.25. The quantitative estimate of drug-likeness (QED) is 0.426. The van der Waals surface area contributed by atoms with Gasteiger partial charge in [-0.15, -0.1) is 11.3 Å². The van der Waals surface area contributed by atoms with Crippen LogP contribution in [0.2, 0.25) is 0 Å². The summed E-state index contributed by atoms with van der Waals surface area (Å²) in [5.41, 5.74) is 0.827. The molecule has 152 valence electrons. The monoisotopic (exact) mass is 414 g/mol. The van der Waals surface area contributed by atoms with E-state index in [0.717, 1.165) is 5.56 Å². The Labute approximate surface area is 173 Å². The number of esters is 2. The summed E-state index contributed by atoms with van der Waals surface area (Å²) < 4.78 is 15.3. The number of hydrogen-bond acceptors (Lipinski definition) is 8. The van der Waals surface area contributed by atoms with Crippen LogP contribution in [0, 0.1) is 11.3 Å². The molecule has 0 unspecified atom stereocenters. The van der Waals surface area contributed by atoms with Gasteiger partial charge in [-0.25, -0.2) is 9.59 Å². The second-order valence-corrected chi connectivity index (χ2v) is 7.77. The highest BCUT2D eigenvalue weighted by molar-refractivity contribution is 7.15. The molecule has 0 aliphatic carbocycles. The molecule has 8 heteroatoms. The van der Waals surface area contributed by atoms with E-state index in [1.165, 1.54) is 24.6 Å². The summed E-state index contributed by atoms with van der Waals surface area (Å²) in [6.45, 7) is 5.13. The number of thiophene rings is 1. The van der Waals surface area contributed by atoms with E-state index in [4.69, 9.17) is 14.2 Å². The van der Waals surface area contributed by atoms with Crippen LogP contribution >= 0.6 is 11.3 Å². The minimum absolute atomic E-state index is 0.213. The minimum atomic E-state index is -0.751. The van der Waals surface area contributed by atoms with Gasteiger partial charge in [-0.1, -0.05) is 12.1 Å². The number of nitriles is 1. The lowest BCUT2D eigenvalue weighted by Gasteiger charge is -2.18. The van der Waals surface area contributed by atoms with Gasteiger partial charge in [0.25, 0.3) is 0 Å². The van der Waals surface area contributed by atoms with Crippen molar-refractivity contribution in [1.82, 2.24) is 0 Å². The van der Waals surface area contributed by atoms with Crippen molar-refractivity contribution in [3.63, 3.8) is 0 Å². The molecule has 0 saturated carbocycles. The largest absolute Gasteiger partial charge is 0.497 e. The highest BCUT2D eigenvalue weighted by Crippen LogP contribution is 2.36. The summed E-state index contributed by atoms with van der Waals surface area (Å²) in [5, 5.41) is 14.4. The van der Waals surface area contributed by atoms with Crippen LogP contribution in [0.5, 0.6) is 5.75 Å². The Kier molecular flexibility index (Phi) is 7.02. The summed E-state index contributed by atoms with van der Waals surface area (Å²) in [6, 6.07) is 9.04. The summed E-state index contributed by atoms with van der Waals surface area (Å²) in [7, 11) is 2.87. The van der Waals surface area contributed by atoms with Gasteiger partial charge in [-0.3, -0.25) is 0 Å². The molecule has 0 radical (unpaired) electrons. The number of hydrogen-bond donors (Lipinski definition) is 1. The molecule has 1 aromatic carbocycles. The molecule has 2 rings (SSSR count). The average Bonchev–Trinajstić information content (AvgIpc) is 3.10. The summed E-state index contributed by atoms with van der Waals surface area (Å²) in [5.74, 6) is -0.594. The summed E-state index contributed by atoms with van der Waals surface area (Å²) in [6.07, 6.45) is 1.23. The third-order valence-electron chi connectivity index (χ3n) is 3.67. The van der Waals surface area contributed by atoms with Gasteiger partial charge in [0.1, 0.15) is 28.0 Å². The molecule has 29 heavy (non-hydrogen) atoms. The average molecular weight is 414 g/mol. The maximum atomic E-state index is 12.4. The Bertz CT molecular complexity index is 962. The van der Waals surface area contributed by atoms with Gasteiger partial charge in [0.05, 0.1) is 14.2 Å². The molecular formula is C21H22N2O5S. The van der Waals surface area contributed by atoms with Gasteiger partial charge in [-0.2, -0.15) is 5.26 Å². The Balaban J connectivity index is 2.38. The van der Waals surface area contributed by atoms with Crippen molar-refractivity contribution < 1.29 is 23.8 Å². The van der Waals surface area contributed by atoms with E-state index in [0.29, 0.717) is 21.9 Å². The topological polar surface area (TPSA) is 97.6 Å². The smallest absolute Gasteiger partial charge is 0.350 e.